The average Bonchev–Trinajstić information content (AvgIpc) is 2.54. The van der Waals surface area contributed by atoms with Gasteiger partial charge in [0.2, 0.25) is 0 Å². The van der Waals surface area contributed by atoms with Crippen molar-refractivity contribution in [3.63, 3.8) is 0 Å². The number of benzene rings is 2. The molecule has 0 saturated heterocycles. The van der Waals surface area contributed by atoms with Crippen molar-refractivity contribution >= 4 is 0 Å². The van der Waals surface area contributed by atoms with E-state index in [9.17, 15) is 10.2 Å². The lowest BCUT2D eigenvalue weighted by Gasteiger charge is -2.25. The molecule has 2 rings (SSSR count). The Bertz CT molecular complexity index is 699. The number of rotatable bonds is 6. The van der Waals surface area contributed by atoms with Crippen molar-refractivity contribution in [2.45, 2.75) is 65.9 Å². The molecule has 0 bridgehead atoms. The van der Waals surface area contributed by atoms with Crippen molar-refractivity contribution in [1.82, 2.24) is 0 Å². The van der Waals surface area contributed by atoms with Crippen LogP contribution in [0.2, 0.25) is 0 Å². The van der Waals surface area contributed by atoms with E-state index < -0.39 is 0 Å². The van der Waals surface area contributed by atoms with Gasteiger partial charge in [0.1, 0.15) is 5.75 Å². The Morgan fingerprint density at radius 2 is 1.50 bits per heavy atom. The topological polar surface area (TPSA) is 40.5 Å². The Morgan fingerprint density at radius 3 is 2.00 bits per heavy atom. The highest BCUT2D eigenvalue weighted by molar-refractivity contribution is 5.78. The van der Waals surface area contributed by atoms with Gasteiger partial charge in [-0.1, -0.05) is 65.3 Å². The molecule has 0 saturated carbocycles. The minimum atomic E-state index is -0.00767. The number of phenolic OH excluding ortho intramolecular Hbond substituents is 1. The summed E-state index contributed by atoms with van der Waals surface area (Å²) in [5, 5.41) is 20.6. The van der Waals surface area contributed by atoms with Gasteiger partial charge in [-0.05, 0) is 52.1 Å². The Balaban J connectivity index is 2.93. The first-order valence-electron chi connectivity index (χ1n) is 9.00. The summed E-state index contributed by atoms with van der Waals surface area (Å²) < 4.78 is 0. The highest BCUT2D eigenvalue weighted by atomic mass is 16.3. The predicted molar refractivity (Wildman–Crippen MR) is 102 cm³/mol. The molecule has 0 aliphatic carbocycles. The molecule has 0 fully saturated rings. The number of aromatic hydroxyl groups is 1. The molecule has 2 N–H and O–H groups in total. The Kier molecular flexibility index (Phi) is 6.06. The maximum Gasteiger partial charge on any atom is 0.123 e. The molecule has 0 aliphatic heterocycles. The molecule has 2 heteroatoms. The van der Waals surface area contributed by atoms with Crippen molar-refractivity contribution in [1.29, 1.82) is 0 Å². The quantitative estimate of drug-likeness (QED) is 0.709. The molecular weight excluding hydrogens is 296 g/mol. The van der Waals surface area contributed by atoms with Crippen LogP contribution in [0, 0.1) is 0 Å². The molecule has 24 heavy (non-hydrogen) atoms. The lowest BCUT2D eigenvalue weighted by Crippen LogP contribution is -2.08. The summed E-state index contributed by atoms with van der Waals surface area (Å²) in [4.78, 5) is 0. The lowest BCUT2D eigenvalue weighted by atomic mass is 9.80. The summed E-state index contributed by atoms with van der Waals surface area (Å²) in [6, 6.07) is 9.74. The molecule has 130 valence electrons. The van der Waals surface area contributed by atoms with Gasteiger partial charge in [0.25, 0.3) is 0 Å². The Labute approximate surface area is 146 Å². The van der Waals surface area contributed by atoms with Gasteiger partial charge < -0.3 is 10.2 Å². The van der Waals surface area contributed by atoms with Crippen LogP contribution in [-0.2, 0) is 13.0 Å². The molecule has 0 aliphatic rings. The molecule has 0 atom stereocenters. The van der Waals surface area contributed by atoms with E-state index in [0.717, 1.165) is 29.5 Å². The summed E-state index contributed by atoms with van der Waals surface area (Å²) in [5.41, 5.74) is 6.60. The Morgan fingerprint density at radius 1 is 0.917 bits per heavy atom. The van der Waals surface area contributed by atoms with Crippen LogP contribution >= 0.6 is 0 Å². The van der Waals surface area contributed by atoms with Crippen molar-refractivity contribution in [2.75, 3.05) is 0 Å². The standard InChI is InChI=1S/C22H30O2/c1-6-9-16-18(14(2)3)12-19(15(4)5)20(13-23)22(16)17-10-7-8-11-21(17)24/h7-8,10-12,14-15,23-24H,6,9,13H2,1-5H3. The fourth-order valence-corrected chi connectivity index (χ4v) is 3.54. The first-order chi connectivity index (χ1) is 11.4. The van der Waals surface area contributed by atoms with E-state index in [1.807, 2.05) is 18.2 Å². The third kappa shape index (κ3) is 3.49. The number of aliphatic hydroxyl groups excluding tert-OH is 1. The molecule has 0 heterocycles. The zero-order valence-corrected chi connectivity index (χ0v) is 15.6. The average molecular weight is 326 g/mol. The van der Waals surface area contributed by atoms with Crippen LogP contribution in [0.5, 0.6) is 5.75 Å². The van der Waals surface area contributed by atoms with E-state index in [1.54, 1.807) is 6.07 Å². The highest BCUT2D eigenvalue weighted by Gasteiger charge is 2.22. The Hall–Kier alpha value is -1.80. The summed E-state index contributed by atoms with van der Waals surface area (Å²) in [6.07, 6.45) is 1.98. The van der Waals surface area contributed by atoms with Crippen LogP contribution in [0.15, 0.2) is 30.3 Å². The minimum absolute atomic E-state index is 0.00767. The van der Waals surface area contributed by atoms with E-state index in [0.29, 0.717) is 11.8 Å². The van der Waals surface area contributed by atoms with Crippen LogP contribution in [0.3, 0.4) is 0 Å². The second-order valence-electron chi connectivity index (χ2n) is 7.12. The first-order valence-corrected chi connectivity index (χ1v) is 9.00. The number of hydrogen-bond donors (Lipinski definition) is 2. The van der Waals surface area contributed by atoms with Crippen molar-refractivity contribution in [3.8, 4) is 16.9 Å². The van der Waals surface area contributed by atoms with Crippen molar-refractivity contribution in [2.24, 2.45) is 0 Å². The van der Waals surface area contributed by atoms with Gasteiger partial charge >= 0.3 is 0 Å². The third-order valence-electron chi connectivity index (χ3n) is 4.69. The van der Waals surface area contributed by atoms with Gasteiger partial charge in [-0.25, -0.2) is 0 Å². The SMILES string of the molecule is CCCc1c(C(C)C)cc(C(C)C)c(CO)c1-c1ccccc1O. The monoisotopic (exact) mass is 326 g/mol. The van der Waals surface area contributed by atoms with Crippen molar-refractivity contribution in [3.05, 3.63) is 52.6 Å². The summed E-state index contributed by atoms with van der Waals surface area (Å²) >= 11 is 0. The largest absolute Gasteiger partial charge is 0.507 e. The molecule has 2 aromatic rings. The zero-order chi connectivity index (χ0) is 17.9. The molecule has 0 spiro atoms. The molecule has 0 amide bonds. The fraction of sp³-hybridized carbons (Fsp3) is 0.455. The molecule has 2 nitrogen and oxygen atoms in total. The second-order valence-corrected chi connectivity index (χ2v) is 7.12. The number of hydrogen-bond acceptors (Lipinski definition) is 2. The molecule has 0 unspecified atom stereocenters. The fourth-order valence-electron chi connectivity index (χ4n) is 3.54. The van der Waals surface area contributed by atoms with Gasteiger partial charge in [0.15, 0.2) is 0 Å². The van der Waals surface area contributed by atoms with E-state index in [1.165, 1.54) is 16.7 Å². The third-order valence-corrected chi connectivity index (χ3v) is 4.69. The van der Waals surface area contributed by atoms with E-state index in [-0.39, 0.29) is 12.4 Å². The minimum Gasteiger partial charge on any atom is -0.507 e. The van der Waals surface area contributed by atoms with Crippen LogP contribution in [-0.4, -0.2) is 10.2 Å². The smallest absolute Gasteiger partial charge is 0.123 e. The summed E-state index contributed by atoms with van der Waals surface area (Å²) in [6.45, 7) is 10.9. The van der Waals surface area contributed by atoms with Gasteiger partial charge in [-0.2, -0.15) is 0 Å². The maximum absolute atomic E-state index is 10.5. The van der Waals surface area contributed by atoms with E-state index >= 15 is 0 Å². The van der Waals surface area contributed by atoms with Gasteiger partial charge in [-0.3, -0.25) is 0 Å². The van der Waals surface area contributed by atoms with Crippen LogP contribution in [0.4, 0.5) is 0 Å². The normalized spacial score (nSPS) is 11.5. The predicted octanol–water partition coefficient (Wildman–Crippen LogP) is 5.75. The number of para-hydroxylation sites is 1. The maximum atomic E-state index is 10.5. The lowest BCUT2D eigenvalue weighted by molar-refractivity contribution is 0.280. The van der Waals surface area contributed by atoms with E-state index in [2.05, 4.69) is 40.7 Å². The van der Waals surface area contributed by atoms with E-state index in [4.69, 9.17) is 0 Å². The molecule has 0 radical (unpaired) electrons. The summed E-state index contributed by atoms with van der Waals surface area (Å²) in [7, 11) is 0. The van der Waals surface area contributed by atoms with Gasteiger partial charge in [-0.15, -0.1) is 0 Å². The van der Waals surface area contributed by atoms with Crippen LogP contribution in [0.1, 0.15) is 75.1 Å². The first kappa shape index (κ1) is 18.5. The van der Waals surface area contributed by atoms with Gasteiger partial charge in [0, 0.05) is 5.56 Å². The van der Waals surface area contributed by atoms with Crippen LogP contribution < -0.4 is 0 Å². The number of aliphatic hydroxyl groups is 1. The highest BCUT2D eigenvalue weighted by Crippen LogP contribution is 2.41. The zero-order valence-electron chi connectivity index (χ0n) is 15.6. The van der Waals surface area contributed by atoms with Crippen molar-refractivity contribution < 1.29 is 10.2 Å². The number of phenols is 1. The molecule has 2 aromatic carbocycles. The second kappa shape index (κ2) is 7.85. The van der Waals surface area contributed by atoms with Crippen LogP contribution in [0.25, 0.3) is 11.1 Å². The molecular formula is C22H30O2. The van der Waals surface area contributed by atoms with Gasteiger partial charge in [0.05, 0.1) is 6.61 Å². The summed E-state index contributed by atoms with van der Waals surface area (Å²) in [5.74, 6) is 1.01. The molecule has 0 aromatic heterocycles.